The molecule has 1 fully saturated rings. The van der Waals surface area contributed by atoms with E-state index in [2.05, 4.69) is 20.0 Å². The highest BCUT2D eigenvalue weighted by Gasteiger charge is 2.20. The summed E-state index contributed by atoms with van der Waals surface area (Å²) in [4.78, 5) is 29.9. The molecule has 1 aromatic rings. The fourth-order valence-electron chi connectivity index (χ4n) is 2.45. The molecule has 4 N–H and O–H groups in total. The zero-order valence-electron chi connectivity index (χ0n) is 13.6. The van der Waals surface area contributed by atoms with Gasteiger partial charge >= 0.3 is 5.97 Å². The van der Waals surface area contributed by atoms with Gasteiger partial charge in [0.2, 0.25) is 11.8 Å². The zero-order valence-corrected chi connectivity index (χ0v) is 13.6. The average molecular weight is 341 g/mol. The van der Waals surface area contributed by atoms with Gasteiger partial charge in [0.25, 0.3) is 5.56 Å². The Morgan fingerprint density at radius 1 is 1.50 bits per heavy atom. The van der Waals surface area contributed by atoms with Gasteiger partial charge in [0.15, 0.2) is 6.10 Å². The van der Waals surface area contributed by atoms with Crippen molar-refractivity contribution >= 4 is 11.9 Å². The van der Waals surface area contributed by atoms with E-state index in [1.807, 2.05) is 0 Å². The number of aliphatic hydroxyl groups is 1. The Bertz CT molecular complexity index is 612. The van der Waals surface area contributed by atoms with E-state index in [-0.39, 0.29) is 37.0 Å². The van der Waals surface area contributed by atoms with Crippen LogP contribution in [0.5, 0.6) is 5.88 Å². The van der Waals surface area contributed by atoms with Crippen LogP contribution in [0, 0.1) is 0 Å². The Labute approximate surface area is 139 Å². The lowest BCUT2D eigenvalue weighted by molar-refractivity contribution is -0.153. The first-order valence-electron chi connectivity index (χ1n) is 8.02. The second kappa shape index (κ2) is 8.65. The molecule has 0 aromatic carbocycles. The van der Waals surface area contributed by atoms with Crippen molar-refractivity contribution in [3.8, 4) is 5.88 Å². The van der Waals surface area contributed by atoms with Crippen molar-refractivity contribution in [1.82, 2.24) is 9.97 Å². The summed E-state index contributed by atoms with van der Waals surface area (Å²) in [5.41, 5.74) is -0.482. The normalized spacial score (nSPS) is 16.6. The van der Waals surface area contributed by atoms with Crippen LogP contribution in [0.4, 0.5) is 5.95 Å². The minimum Gasteiger partial charge on any atom is -0.493 e. The Morgan fingerprint density at radius 2 is 2.21 bits per heavy atom. The molecule has 0 bridgehead atoms. The lowest BCUT2D eigenvalue weighted by atomic mass is 10.1. The first kappa shape index (κ1) is 18.2. The largest absolute Gasteiger partial charge is 0.493 e. The van der Waals surface area contributed by atoms with Crippen molar-refractivity contribution in [2.75, 3.05) is 25.1 Å². The number of H-pyrrole nitrogens is 1. The summed E-state index contributed by atoms with van der Waals surface area (Å²) in [7, 11) is 0. The maximum Gasteiger partial charge on any atom is 0.334 e. The number of anilines is 1. The highest BCUT2D eigenvalue weighted by atomic mass is 16.5. The van der Waals surface area contributed by atoms with Crippen LogP contribution in [0.1, 0.15) is 31.7 Å². The number of aromatic nitrogens is 2. The van der Waals surface area contributed by atoms with Gasteiger partial charge < -0.3 is 25.0 Å². The van der Waals surface area contributed by atoms with Crippen molar-refractivity contribution in [3.63, 3.8) is 0 Å². The van der Waals surface area contributed by atoms with E-state index in [1.54, 1.807) is 6.92 Å². The number of ether oxygens (including phenoxy) is 2. The van der Waals surface area contributed by atoms with Crippen LogP contribution in [0.25, 0.3) is 0 Å². The lowest BCUT2D eigenvalue weighted by Crippen LogP contribution is -2.30. The molecule has 2 rings (SSSR count). The van der Waals surface area contributed by atoms with Gasteiger partial charge in [0.05, 0.1) is 12.2 Å². The van der Waals surface area contributed by atoms with Crippen LogP contribution in [0.3, 0.4) is 0 Å². The number of esters is 1. The van der Waals surface area contributed by atoms with Gasteiger partial charge in [-0.3, -0.25) is 9.78 Å². The Kier molecular flexibility index (Phi) is 6.56. The minimum absolute atomic E-state index is 0.00565. The number of hydrogen-bond donors (Lipinski definition) is 4. The van der Waals surface area contributed by atoms with Crippen molar-refractivity contribution < 1.29 is 24.5 Å². The van der Waals surface area contributed by atoms with Crippen molar-refractivity contribution in [2.24, 2.45) is 0 Å². The third kappa shape index (κ3) is 4.93. The van der Waals surface area contributed by atoms with Crippen LogP contribution in [0.2, 0.25) is 0 Å². The number of carbonyl (C=O) groups is 1. The standard InChI is InChI=1S/C15H23N3O6/c1-2-24-14(22)11(19)4-3-10-12(20)17-15(18-13(10)21)16-9-5-7-23-8-6-9/h9,11,19H,2-8H2,1H3,(H3,16,17,18,20,21)/t11-/m0/s1. The van der Waals surface area contributed by atoms with Gasteiger partial charge in [-0.25, -0.2) is 4.79 Å². The molecule has 1 aliphatic rings. The molecule has 0 radical (unpaired) electrons. The van der Waals surface area contributed by atoms with Crippen LogP contribution in [-0.4, -0.2) is 58.1 Å². The molecule has 1 saturated heterocycles. The maximum atomic E-state index is 12.1. The summed E-state index contributed by atoms with van der Waals surface area (Å²) in [5, 5.41) is 22.7. The average Bonchev–Trinajstić information content (AvgIpc) is 2.55. The first-order valence-corrected chi connectivity index (χ1v) is 8.02. The van der Waals surface area contributed by atoms with E-state index < -0.39 is 23.5 Å². The molecule has 0 amide bonds. The smallest absolute Gasteiger partial charge is 0.334 e. The molecule has 2 heterocycles. The molecule has 134 valence electrons. The summed E-state index contributed by atoms with van der Waals surface area (Å²) in [6.07, 6.45) is 0.203. The number of nitrogens with zero attached hydrogens (tertiary/aromatic N) is 1. The quantitative estimate of drug-likeness (QED) is 0.506. The molecule has 24 heavy (non-hydrogen) atoms. The molecule has 9 nitrogen and oxygen atoms in total. The van der Waals surface area contributed by atoms with E-state index in [9.17, 15) is 19.8 Å². The highest BCUT2D eigenvalue weighted by Crippen LogP contribution is 2.16. The van der Waals surface area contributed by atoms with Gasteiger partial charge in [-0.1, -0.05) is 0 Å². The third-order valence-corrected chi connectivity index (χ3v) is 3.78. The third-order valence-electron chi connectivity index (χ3n) is 3.78. The minimum atomic E-state index is -1.34. The summed E-state index contributed by atoms with van der Waals surface area (Å²) in [5.74, 6) is -0.970. The summed E-state index contributed by atoms with van der Waals surface area (Å²) >= 11 is 0. The van der Waals surface area contributed by atoms with Crippen LogP contribution in [0.15, 0.2) is 4.79 Å². The van der Waals surface area contributed by atoms with Crippen LogP contribution >= 0.6 is 0 Å². The second-order valence-electron chi connectivity index (χ2n) is 5.55. The van der Waals surface area contributed by atoms with E-state index in [0.717, 1.165) is 12.8 Å². The lowest BCUT2D eigenvalue weighted by Gasteiger charge is -2.23. The number of aromatic amines is 1. The maximum absolute atomic E-state index is 12.1. The fraction of sp³-hybridized carbons (Fsp3) is 0.667. The van der Waals surface area contributed by atoms with Crippen molar-refractivity contribution in [1.29, 1.82) is 0 Å². The first-order chi connectivity index (χ1) is 11.5. The molecule has 1 aromatic heterocycles. The molecular formula is C15H23N3O6. The van der Waals surface area contributed by atoms with Gasteiger partial charge in [-0.05, 0) is 32.6 Å². The van der Waals surface area contributed by atoms with Gasteiger partial charge in [-0.15, -0.1) is 0 Å². The molecule has 0 unspecified atom stereocenters. The number of carbonyl (C=O) groups excluding carboxylic acids is 1. The molecule has 0 spiro atoms. The SMILES string of the molecule is CCOC(=O)[C@@H](O)CCc1c(O)nc(NC2CCOCC2)[nH]c1=O. The fourth-order valence-corrected chi connectivity index (χ4v) is 2.45. The second-order valence-corrected chi connectivity index (χ2v) is 5.55. The Balaban J connectivity index is 1.98. The number of aromatic hydroxyl groups is 1. The number of aliphatic hydroxyl groups excluding tert-OH is 1. The molecule has 1 aliphatic heterocycles. The Morgan fingerprint density at radius 3 is 2.83 bits per heavy atom. The van der Waals surface area contributed by atoms with E-state index in [1.165, 1.54) is 0 Å². The van der Waals surface area contributed by atoms with E-state index >= 15 is 0 Å². The predicted molar refractivity (Wildman–Crippen MR) is 84.9 cm³/mol. The molecular weight excluding hydrogens is 318 g/mol. The van der Waals surface area contributed by atoms with E-state index in [4.69, 9.17) is 4.74 Å². The van der Waals surface area contributed by atoms with Crippen LogP contribution < -0.4 is 10.9 Å². The molecule has 9 heteroatoms. The zero-order chi connectivity index (χ0) is 17.5. The van der Waals surface area contributed by atoms with Crippen molar-refractivity contribution in [3.05, 3.63) is 15.9 Å². The Hall–Kier alpha value is -2.13. The topological polar surface area (TPSA) is 134 Å². The van der Waals surface area contributed by atoms with Gasteiger partial charge in [-0.2, -0.15) is 4.98 Å². The molecule has 0 aliphatic carbocycles. The van der Waals surface area contributed by atoms with Gasteiger partial charge in [0, 0.05) is 19.3 Å². The molecule has 1 atom stereocenters. The number of hydrogen-bond acceptors (Lipinski definition) is 8. The predicted octanol–water partition coefficient (Wildman–Crippen LogP) is -0.0770. The van der Waals surface area contributed by atoms with Crippen molar-refractivity contribution in [2.45, 2.75) is 44.8 Å². The number of rotatable bonds is 7. The molecule has 0 saturated carbocycles. The van der Waals surface area contributed by atoms with Gasteiger partial charge in [0.1, 0.15) is 0 Å². The monoisotopic (exact) mass is 341 g/mol. The van der Waals surface area contributed by atoms with E-state index in [0.29, 0.717) is 13.2 Å². The van der Waals surface area contributed by atoms with Crippen LogP contribution in [-0.2, 0) is 20.7 Å². The number of nitrogens with one attached hydrogen (secondary N) is 2. The summed E-state index contributed by atoms with van der Waals surface area (Å²) in [6.45, 7) is 3.07. The highest BCUT2D eigenvalue weighted by molar-refractivity contribution is 5.74. The summed E-state index contributed by atoms with van der Waals surface area (Å²) in [6, 6.07) is 0.123. The summed E-state index contributed by atoms with van der Waals surface area (Å²) < 4.78 is 9.93.